The van der Waals surface area contributed by atoms with E-state index in [0.29, 0.717) is 17.0 Å². The fraction of sp³-hybridized carbons (Fsp3) is 0.583. The van der Waals surface area contributed by atoms with E-state index in [1.165, 1.54) is 0 Å². The molecule has 1 heterocycles. The van der Waals surface area contributed by atoms with Gasteiger partial charge in [0.15, 0.2) is 0 Å². The lowest BCUT2D eigenvalue weighted by Gasteiger charge is -2.28. The molecule has 5 heteroatoms. The van der Waals surface area contributed by atoms with Gasteiger partial charge in [-0.25, -0.2) is 4.98 Å². The number of pyridine rings is 1. The molecule has 2 unspecified atom stereocenters. The van der Waals surface area contributed by atoms with E-state index in [-0.39, 0.29) is 6.10 Å². The van der Waals surface area contributed by atoms with Crippen LogP contribution in [-0.2, 0) is 4.74 Å². The van der Waals surface area contributed by atoms with E-state index < -0.39 is 0 Å². The monoisotopic (exact) mass is 319 g/mol. The van der Waals surface area contributed by atoms with Gasteiger partial charge in [0.25, 0.3) is 0 Å². The van der Waals surface area contributed by atoms with E-state index >= 15 is 0 Å². The molecular weight excluding hydrogens is 305 g/mol. The van der Waals surface area contributed by atoms with Crippen LogP contribution >= 0.6 is 27.5 Å². The van der Waals surface area contributed by atoms with Gasteiger partial charge in [-0.3, -0.25) is 0 Å². The van der Waals surface area contributed by atoms with Gasteiger partial charge in [0.1, 0.15) is 6.10 Å². The number of methoxy groups -OCH3 is 1. The number of ether oxygens (including phenoxy) is 2. The molecule has 1 fully saturated rings. The van der Waals surface area contributed by atoms with Crippen LogP contribution in [0.1, 0.15) is 25.7 Å². The molecular formula is C12H15BrClNO2. The van der Waals surface area contributed by atoms with Crippen LogP contribution in [0, 0.1) is 0 Å². The number of hydrogen-bond acceptors (Lipinski definition) is 3. The Labute approximate surface area is 115 Å². The van der Waals surface area contributed by atoms with Crippen LogP contribution < -0.4 is 4.74 Å². The Morgan fingerprint density at radius 2 is 2.18 bits per heavy atom. The van der Waals surface area contributed by atoms with E-state index in [1.807, 2.05) is 0 Å². The van der Waals surface area contributed by atoms with Crippen molar-refractivity contribution in [3.05, 3.63) is 21.8 Å². The lowest BCUT2D eigenvalue weighted by molar-refractivity contribution is 0.0192. The van der Waals surface area contributed by atoms with Crippen molar-refractivity contribution in [2.24, 2.45) is 0 Å². The highest BCUT2D eigenvalue weighted by Gasteiger charge is 2.24. The fourth-order valence-corrected chi connectivity index (χ4v) is 2.80. The minimum Gasteiger partial charge on any atom is -0.473 e. The van der Waals surface area contributed by atoms with Crippen LogP contribution in [0.5, 0.6) is 5.88 Å². The van der Waals surface area contributed by atoms with E-state index in [9.17, 15) is 0 Å². The van der Waals surface area contributed by atoms with Crippen LogP contribution in [0.2, 0.25) is 5.02 Å². The summed E-state index contributed by atoms with van der Waals surface area (Å²) in [5.41, 5.74) is 0. The fourth-order valence-electron chi connectivity index (χ4n) is 2.07. The second-order valence-corrected chi connectivity index (χ2v) is 5.50. The first-order valence-corrected chi connectivity index (χ1v) is 6.86. The summed E-state index contributed by atoms with van der Waals surface area (Å²) in [6, 6.07) is 1.79. The molecule has 94 valence electrons. The normalized spacial score (nSPS) is 24.6. The third-order valence-corrected chi connectivity index (χ3v) is 3.74. The third kappa shape index (κ3) is 3.57. The van der Waals surface area contributed by atoms with Crippen molar-refractivity contribution >= 4 is 27.5 Å². The maximum atomic E-state index is 5.88. The van der Waals surface area contributed by atoms with Gasteiger partial charge in [-0.05, 0) is 41.3 Å². The van der Waals surface area contributed by atoms with Gasteiger partial charge in [-0.1, -0.05) is 11.6 Å². The maximum Gasteiger partial charge on any atom is 0.228 e. The van der Waals surface area contributed by atoms with Crippen LogP contribution in [-0.4, -0.2) is 24.3 Å². The Morgan fingerprint density at radius 3 is 2.88 bits per heavy atom. The molecule has 0 saturated heterocycles. The van der Waals surface area contributed by atoms with E-state index in [0.717, 1.165) is 30.2 Å². The minimum atomic E-state index is 0.179. The Kier molecular flexibility index (Phi) is 4.65. The number of hydrogen-bond donors (Lipinski definition) is 0. The van der Waals surface area contributed by atoms with Crippen LogP contribution in [0.4, 0.5) is 0 Å². The molecule has 1 aromatic rings. The standard InChI is InChI=1S/C12H15BrClNO2/c1-16-9-3-2-4-10(6-9)17-12-11(13)5-8(14)7-15-12/h5,7,9-10H,2-4,6H2,1H3. The average Bonchev–Trinajstić information content (AvgIpc) is 2.33. The molecule has 0 aromatic carbocycles. The predicted octanol–water partition coefficient (Wildman–Crippen LogP) is 3.83. The van der Waals surface area contributed by atoms with E-state index in [1.54, 1.807) is 19.4 Å². The minimum absolute atomic E-state index is 0.179. The largest absolute Gasteiger partial charge is 0.473 e. The summed E-state index contributed by atoms with van der Waals surface area (Å²) in [5, 5.41) is 0.600. The molecule has 0 N–H and O–H groups in total. The summed E-state index contributed by atoms with van der Waals surface area (Å²) in [6.45, 7) is 0. The molecule has 1 aromatic heterocycles. The molecule has 0 spiro atoms. The summed E-state index contributed by atoms with van der Waals surface area (Å²) in [4.78, 5) is 4.18. The van der Waals surface area contributed by atoms with Crippen molar-refractivity contribution in [2.45, 2.75) is 37.9 Å². The third-order valence-electron chi connectivity index (χ3n) is 2.96. The first-order chi connectivity index (χ1) is 8.19. The number of halogens is 2. The highest BCUT2D eigenvalue weighted by molar-refractivity contribution is 9.10. The molecule has 1 saturated carbocycles. The molecule has 1 aliphatic carbocycles. The van der Waals surface area contributed by atoms with Crippen LogP contribution in [0.15, 0.2) is 16.7 Å². The molecule has 1 aliphatic rings. The summed E-state index contributed by atoms with van der Waals surface area (Å²) in [7, 11) is 1.75. The lowest BCUT2D eigenvalue weighted by atomic mass is 9.95. The van der Waals surface area contributed by atoms with Gasteiger partial charge in [-0.15, -0.1) is 0 Å². The molecule has 2 rings (SSSR count). The van der Waals surface area contributed by atoms with E-state index in [2.05, 4.69) is 20.9 Å². The van der Waals surface area contributed by atoms with Gasteiger partial charge < -0.3 is 9.47 Å². The highest BCUT2D eigenvalue weighted by Crippen LogP contribution is 2.29. The van der Waals surface area contributed by atoms with Crippen LogP contribution in [0.3, 0.4) is 0 Å². The molecule has 2 atom stereocenters. The second kappa shape index (κ2) is 6.03. The van der Waals surface area contributed by atoms with Crippen molar-refractivity contribution in [2.75, 3.05) is 7.11 Å². The van der Waals surface area contributed by atoms with Crippen molar-refractivity contribution in [1.82, 2.24) is 4.98 Å². The zero-order valence-electron chi connectivity index (χ0n) is 9.66. The predicted molar refractivity (Wildman–Crippen MR) is 70.6 cm³/mol. The van der Waals surface area contributed by atoms with Crippen molar-refractivity contribution in [1.29, 1.82) is 0 Å². The summed E-state index contributed by atoms with van der Waals surface area (Å²) >= 11 is 9.24. The number of rotatable bonds is 3. The zero-order valence-corrected chi connectivity index (χ0v) is 12.0. The zero-order chi connectivity index (χ0) is 12.3. The first-order valence-electron chi connectivity index (χ1n) is 5.69. The summed E-state index contributed by atoms with van der Waals surface area (Å²) < 4.78 is 12.0. The Morgan fingerprint density at radius 1 is 1.41 bits per heavy atom. The van der Waals surface area contributed by atoms with Gasteiger partial charge >= 0.3 is 0 Å². The lowest BCUT2D eigenvalue weighted by Crippen LogP contribution is -2.29. The van der Waals surface area contributed by atoms with Gasteiger partial charge in [-0.2, -0.15) is 0 Å². The smallest absolute Gasteiger partial charge is 0.228 e. The topological polar surface area (TPSA) is 31.4 Å². The Balaban J connectivity index is 2.00. The first kappa shape index (κ1) is 13.1. The van der Waals surface area contributed by atoms with Gasteiger partial charge in [0.05, 0.1) is 15.6 Å². The van der Waals surface area contributed by atoms with E-state index in [4.69, 9.17) is 21.1 Å². The Bertz CT molecular complexity index is 389. The van der Waals surface area contributed by atoms with Gasteiger partial charge in [0, 0.05) is 19.7 Å². The maximum absolute atomic E-state index is 5.88. The molecule has 0 bridgehead atoms. The molecule has 0 radical (unpaired) electrons. The quantitative estimate of drug-likeness (QED) is 0.848. The molecule has 17 heavy (non-hydrogen) atoms. The number of aromatic nitrogens is 1. The van der Waals surface area contributed by atoms with Crippen molar-refractivity contribution in [3.8, 4) is 5.88 Å². The van der Waals surface area contributed by atoms with Crippen molar-refractivity contribution in [3.63, 3.8) is 0 Å². The van der Waals surface area contributed by atoms with Crippen molar-refractivity contribution < 1.29 is 9.47 Å². The average molecular weight is 321 g/mol. The number of nitrogens with zero attached hydrogens (tertiary/aromatic N) is 1. The summed E-state index contributed by atoms with van der Waals surface area (Å²) in [5.74, 6) is 0.608. The SMILES string of the molecule is COC1CCCC(Oc2ncc(Cl)cc2Br)C1. The molecule has 0 aliphatic heterocycles. The second-order valence-electron chi connectivity index (χ2n) is 4.20. The summed E-state index contributed by atoms with van der Waals surface area (Å²) in [6.07, 6.45) is 6.31. The Hall–Kier alpha value is -0.320. The molecule has 3 nitrogen and oxygen atoms in total. The molecule has 0 amide bonds. The highest BCUT2D eigenvalue weighted by atomic mass is 79.9. The van der Waals surface area contributed by atoms with Crippen LogP contribution in [0.25, 0.3) is 0 Å². The van der Waals surface area contributed by atoms with Gasteiger partial charge in [0.2, 0.25) is 5.88 Å².